The lowest BCUT2D eigenvalue weighted by molar-refractivity contribution is -0.132. The zero-order valence-electron chi connectivity index (χ0n) is 17.2. The van der Waals surface area contributed by atoms with Gasteiger partial charge < -0.3 is 21.4 Å². The van der Waals surface area contributed by atoms with E-state index in [9.17, 15) is 14.0 Å². The maximum absolute atomic E-state index is 13.2. The van der Waals surface area contributed by atoms with Crippen LogP contribution in [0.15, 0.2) is 30.5 Å². The zero-order chi connectivity index (χ0) is 21.5. The monoisotopic (exact) mass is 416 g/mol. The van der Waals surface area contributed by atoms with Crippen LogP contribution < -0.4 is 16.4 Å². The molecule has 1 fully saturated rings. The Kier molecular flexibility index (Phi) is 7.40. The molecule has 0 radical (unpaired) electrons. The van der Waals surface area contributed by atoms with Crippen LogP contribution in [-0.4, -0.2) is 51.9 Å². The van der Waals surface area contributed by atoms with E-state index in [1.54, 1.807) is 18.3 Å². The van der Waals surface area contributed by atoms with Crippen molar-refractivity contribution in [2.45, 2.75) is 51.2 Å². The minimum atomic E-state index is -0.782. The van der Waals surface area contributed by atoms with Gasteiger partial charge in [-0.2, -0.15) is 0 Å². The lowest BCUT2D eigenvalue weighted by atomic mass is 10.0. The van der Waals surface area contributed by atoms with Gasteiger partial charge in [-0.15, -0.1) is 0 Å². The molecule has 1 aliphatic rings. The first-order chi connectivity index (χ1) is 14.4. The van der Waals surface area contributed by atoms with E-state index in [0.29, 0.717) is 5.69 Å². The van der Waals surface area contributed by atoms with Crippen molar-refractivity contribution in [3.8, 4) is 0 Å². The summed E-state index contributed by atoms with van der Waals surface area (Å²) in [4.78, 5) is 34.6. The smallest absolute Gasteiger partial charge is 0.243 e. The summed E-state index contributed by atoms with van der Waals surface area (Å²) in [6, 6.07) is 4.82. The molecule has 0 saturated carbocycles. The van der Waals surface area contributed by atoms with Crippen LogP contribution in [-0.2, 0) is 22.6 Å². The molecule has 1 aromatic carbocycles. The van der Waals surface area contributed by atoms with Crippen LogP contribution >= 0.6 is 0 Å². The van der Waals surface area contributed by atoms with Crippen molar-refractivity contribution < 1.29 is 14.0 Å². The fourth-order valence-electron chi connectivity index (χ4n) is 3.60. The van der Waals surface area contributed by atoms with Gasteiger partial charge in [0.05, 0.1) is 24.5 Å². The second-order valence-electron chi connectivity index (χ2n) is 7.68. The minimum Gasteiger partial charge on any atom is -0.369 e. The standard InChI is InChI=1S/C21H29FN6O2/c1-14(28-9-3-2-4-10-28)19(29)27-18(11-15-5-7-16(22)8-6-15)20(30)24-12-17-13-25-21(23)26-17/h5-8,13-14,18H,2-4,9-12H2,1H3,(H,24,30)(H,27,29)(H3,23,25,26)/t14-,18+/m1/s1. The summed E-state index contributed by atoms with van der Waals surface area (Å²) in [7, 11) is 0. The van der Waals surface area contributed by atoms with Gasteiger partial charge in [-0.05, 0) is 50.6 Å². The van der Waals surface area contributed by atoms with Crippen molar-refractivity contribution >= 4 is 17.8 Å². The molecular weight excluding hydrogens is 387 g/mol. The average Bonchev–Trinajstić information content (AvgIpc) is 3.18. The van der Waals surface area contributed by atoms with Crippen molar-refractivity contribution in [3.05, 3.63) is 47.5 Å². The maximum Gasteiger partial charge on any atom is 0.243 e. The van der Waals surface area contributed by atoms with E-state index >= 15 is 0 Å². The molecule has 2 amide bonds. The van der Waals surface area contributed by atoms with Crippen LogP contribution in [0.4, 0.5) is 10.3 Å². The highest BCUT2D eigenvalue weighted by Crippen LogP contribution is 2.13. The summed E-state index contributed by atoms with van der Waals surface area (Å²) in [6.07, 6.45) is 5.13. The highest BCUT2D eigenvalue weighted by atomic mass is 19.1. The topological polar surface area (TPSA) is 116 Å². The molecule has 3 rings (SSSR count). The van der Waals surface area contributed by atoms with Crippen LogP contribution in [0.5, 0.6) is 0 Å². The number of aromatic nitrogens is 2. The molecular formula is C21H29FN6O2. The highest BCUT2D eigenvalue weighted by molar-refractivity contribution is 5.89. The molecule has 2 aromatic rings. The number of hydrogen-bond donors (Lipinski definition) is 4. The van der Waals surface area contributed by atoms with Crippen molar-refractivity contribution in [1.82, 2.24) is 25.5 Å². The second-order valence-corrected chi connectivity index (χ2v) is 7.68. The van der Waals surface area contributed by atoms with Crippen LogP contribution in [0, 0.1) is 5.82 Å². The molecule has 1 aliphatic heterocycles. The van der Waals surface area contributed by atoms with Crippen LogP contribution in [0.25, 0.3) is 0 Å². The number of likely N-dealkylation sites (tertiary alicyclic amines) is 1. The van der Waals surface area contributed by atoms with Crippen LogP contribution in [0.2, 0.25) is 0 Å². The van der Waals surface area contributed by atoms with E-state index in [0.717, 1.165) is 31.5 Å². The number of nitrogens with zero attached hydrogens (tertiary/aromatic N) is 2. The summed E-state index contributed by atoms with van der Waals surface area (Å²) in [5.74, 6) is -0.596. The number of nitrogen functional groups attached to an aromatic ring is 1. The van der Waals surface area contributed by atoms with Gasteiger partial charge in [0, 0.05) is 6.42 Å². The van der Waals surface area contributed by atoms with Crippen molar-refractivity contribution in [1.29, 1.82) is 0 Å². The fraction of sp³-hybridized carbons (Fsp3) is 0.476. The molecule has 1 saturated heterocycles. The van der Waals surface area contributed by atoms with Gasteiger partial charge in [-0.3, -0.25) is 14.5 Å². The molecule has 0 bridgehead atoms. The van der Waals surface area contributed by atoms with Gasteiger partial charge in [0.25, 0.3) is 0 Å². The SMILES string of the molecule is C[C@H](C(=O)N[C@@H](Cc1ccc(F)cc1)C(=O)NCc1cnc(N)[nH]1)N1CCCCC1. The first-order valence-corrected chi connectivity index (χ1v) is 10.3. The third-order valence-corrected chi connectivity index (χ3v) is 5.41. The van der Waals surface area contributed by atoms with E-state index in [1.807, 2.05) is 6.92 Å². The average molecular weight is 417 g/mol. The number of carbonyl (C=O) groups excluding carboxylic acids is 2. The number of aromatic amines is 1. The van der Waals surface area contributed by atoms with Gasteiger partial charge in [0.1, 0.15) is 11.9 Å². The number of halogens is 1. The number of piperidine rings is 1. The van der Waals surface area contributed by atoms with Gasteiger partial charge in [-0.1, -0.05) is 18.6 Å². The molecule has 30 heavy (non-hydrogen) atoms. The van der Waals surface area contributed by atoms with Gasteiger partial charge >= 0.3 is 0 Å². The maximum atomic E-state index is 13.2. The van der Waals surface area contributed by atoms with Gasteiger partial charge in [0.15, 0.2) is 5.95 Å². The summed E-state index contributed by atoms with van der Waals surface area (Å²) in [5.41, 5.74) is 6.98. The Morgan fingerprint density at radius 2 is 1.90 bits per heavy atom. The largest absolute Gasteiger partial charge is 0.369 e. The molecule has 8 nitrogen and oxygen atoms in total. The van der Waals surface area contributed by atoms with E-state index in [4.69, 9.17) is 5.73 Å². The minimum absolute atomic E-state index is 0.190. The highest BCUT2D eigenvalue weighted by Gasteiger charge is 2.27. The third kappa shape index (κ3) is 6.03. The Hall–Kier alpha value is -2.94. The number of benzene rings is 1. The summed E-state index contributed by atoms with van der Waals surface area (Å²) >= 11 is 0. The Bertz CT molecular complexity index is 847. The number of H-pyrrole nitrogens is 1. The first kappa shape index (κ1) is 21.8. The number of imidazole rings is 1. The molecule has 0 unspecified atom stereocenters. The molecule has 0 aliphatic carbocycles. The van der Waals surface area contributed by atoms with E-state index in [2.05, 4.69) is 25.5 Å². The molecule has 2 heterocycles. The number of nitrogens with one attached hydrogen (secondary N) is 3. The quantitative estimate of drug-likeness (QED) is 0.518. The molecule has 162 valence electrons. The number of hydrogen-bond acceptors (Lipinski definition) is 5. The molecule has 5 N–H and O–H groups in total. The predicted molar refractivity (Wildman–Crippen MR) is 112 cm³/mol. The lowest BCUT2D eigenvalue weighted by Gasteiger charge is -2.32. The molecule has 9 heteroatoms. The summed E-state index contributed by atoms with van der Waals surface area (Å²) in [5, 5.41) is 5.68. The van der Waals surface area contributed by atoms with Crippen LogP contribution in [0.3, 0.4) is 0 Å². The fourth-order valence-corrected chi connectivity index (χ4v) is 3.60. The number of amides is 2. The predicted octanol–water partition coefficient (Wildman–Crippen LogP) is 1.35. The van der Waals surface area contributed by atoms with Gasteiger partial charge in [0.2, 0.25) is 11.8 Å². The number of rotatable bonds is 8. The normalized spacial score (nSPS) is 16.6. The molecule has 2 atom stereocenters. The summed E-state index contributed by atoms with van der Waals surface area (Å²) in [6.45, 7) is 3.83. The lowest BCUT2D eigenvalue weighted by Crippen LogP contribution is -2.54. The Morgan fingerprint density at radius 1 is 1.20 bits per heavy atom. The van der Waals surface area contributed by atoms with Crippen LogP contribution in [0.1, 0.15) is 37.4 Å². The van der Waals surface area contributed by atoms with E-state index < -0.39 is 6.04 Å². The number of carbonyl (C=O) groups is 2. The first-order valence-electron chi connectivity index (χ1n) is 10.3. The third-order valence-electron chi connectivity index (χ3n) is 5.41. The van der Waals surface area contributed by atoms with Crippen molar-refractivity contribution in [3.63, 3.8) is 0 Å². The van der Waals surface area contributed by atoms with Crippen molar-refractivity contribution in [2.75, 3.05) is 18.8 Å². The Labute approximate surface area is 175 Å². The van der Waals surface area contributed by atoms with E-state index in [-0.39, 0.29) is 42.6 Å². The zero-order valence-corrected chi connectivity index (χ0v) is 17.2. The Balaban J connectivity index is 1.66. The van der Waals surface area contributed by atoms with E-state index in [1.165, 1.54) is 18.6 Å². The molecule has 1 aromatic heterocycles. The molecule has 0 spiro atoms. The number of anilines is 1. The number of nitrogens with two attached hydrogens (primary N) is 1. The van der Waals surface area contributed by atoms with Gasteiger partial charge in [-0.25, -0.2) is 9.37 Å². The second kappa shape index (κ2) is 10.2. The van der Waals surface area contributed by atoms with Crippen molar-refractivity contribution in [2.24, 2.45) is 0 Å². The summed E-state index contributed by atoms with van der Waals surface area (Å²) < 4.78 is 13.2. The Morgan fingerprint density at radius 3 is 2.53 bits per heavy atom.